The molecule has 4 rings (SSSR count). The van der Waals surface area contributed by atoms with Crippen molar-refractivity contribution in [2.45, 2.75) is 45.1 Å². The summed E-state index contributed by atoms with van der Waals surface area (Å²) in [7, 11) is 1.61. The molecule has 1 fully saturated rings. The van der Waals surface area contributed by atoms with E-state index in [0.29, 0.717) is 41.6 Å². The number of aromatic nitrogens is 3. The number of fused-ring (bicyclic) bond motifs is 3. The van der Waals surface area contributed by atoms with Gasteiger partial charge in [0, 0.05) is 30.4 Å². The van der Waals surface area contributed by atoms with Crippen LogP contribution in [0.5, 0.6) is 5.75 Å². The number of benzene rings is 1. The highest BCUT2D eigenvalue weighted by Crippen LogP contribution is 2.25. The molecule has 1 aromatic carbocycles. The fraction of sp³-hybridized carbons (Fsp3) is 0.522. The zero-order chi connectivity index (χ0) is 22.5. The molecule has 0 saturated carbocycles. The minimum atomic E-state index is -0.148. The number of hydrogen-bond donors (Lipinski definition) is 3. The van der Waals surface area contributed by atoms with Crippen LogP contribution in [0, 0.1) is 4.77 Å². The van der Waals surface area contributed by atoms with E-state index >= 15 is 0 Å². The lowest BCUT2D eigenvalue weighted by molar-refractivity contribution is -0.121. The van der Waals surface area contributed by atoms with Crippen molar-refractivity contribution in [1.29, 1.82) is 0 Å². The molecule has 3 heterocycles. The van der Waals surface area contributed by atoms with Gasteiger partial charge in [0.05, 0.1) is 12.6 Å². The average molecular weight is 458 g/mol. The molecule has 172 valence electrons. The summed E-state index contributed by atoms with van der Waals surface area (Å²) in [4.78, 5) is 33.9. The Balaban J connectivity index is 1.30. The molecule has 0 bridgehead atoms. The van der Waals surface area contributed by atoms with E-state index in [4.69, 9.17) is 17.0 Å². The van der Waals surface area contributed by atoms with Crippen LogP contribution in [0.1, 0.15) is 38.5 Å². The number of nitrogens with one attached hydrogen (secondary N) is 3. The maximum atomic E-state index is 13.0. The van der Waals surface area contributed by atoms with Crippen LogP contribution < -0.4 is 15.6 Å². The summed E-state index contributed by atoms with van der Waals surface area (Å²) in [5.41, 5.74) is 1.89. The van der Waals surface area contributed by atoms with Gasteiger partial charge in [-0.1, -0.05) is 0 Å². The van der Waals surface area contributed by atoms with Gasteiger partial charge >= 0.3 is 0 Å². The van der Waals surface area contributed by atoms with Gasteiger partial charge in [-0.15, -0.1) is 0 Å². The summed E-state index contributed by atoms with van der Waals surface area (Å²) < 4.78 is 7.25. The van der Waals surface area contributed by atoms with E-state index in [1.165, 1.54) is 25.9 Å². The first-order valence-electron chi connectivity index (χ1n) is 11.4. The molecule has 3 aromatic rings. The minimum Gasteiger partial charge on any atom is -0.497 e. The van der Waals surface area contributed by atoms with Gasteiger partial charge in [0.2, 0.25) is 5.91 Å². The topological polar surface area (TPSA) is 95.2 Å². The molecule has 8 nitrogen and oxygen atoms in total. The number of H-pyrrole nitrogens is 2. The SMILES string of the molecule is COc1ccc2[nH]c3c(=O)n(CCCCC(=O)NCCCN4CCCC4)c(=S)[nH]c3c2c1. The number of rotatable bonds is 10. The summed E-state index contributed by atoms with van der Waals surface area (Å²) in [5.74, 6) is 0.792. The molecule has 0 radical (unpaired) electrons. The first-order chi connectivity index (χ1) is 15.6. The second-order valence-electron chi connectivity index (χ2n) is 8.38. The first kappa shape index (κ1) is 22.5. The lowest BCUT2D eigenvalue weighted by Crippen LogP contribution is -2.28. The Hall–Kier alpha value is -2.65. The highest BCUT2D eigenvalue weighted by Gasteiger charge is 2.13. The van der Waals surface area contributed by atoms with Gasteiger partial charge in [-0.2, -0.15) is 0 Å². The van der Waals surface area contributed by atoms with Crippen LogP contribution in [-0.2, 0) is 11.3 Å². The predicted molar refractivity (Wildman–Crippen MR) is 129 cm³/mol. The number of carbonyl (C=O) groups is 1. The summed E-state index contributed by atoms with van der Waals surface area (Å²) >= 11 is 5.45. The second-order valence-corrected chi connectivity index (χ2v) is 8.77. The van der Waals surface area contributed by atoms with E-state index in [1.807, 2.05) is 18.2 Å². The minimum absolute atomic E-state index is 0.0731. The molecule has 32 heavy (non-hydrogen) atoms. The van der Waals surface area contributed by atoms with Gasteiger partial charge in [0.15, 0.2) is 4.77 Å². The van der Waals surface area contributed by atoms with E-state index in [1.54, 1.807) is 11.7 Å². The number of ether oxygens (including phenoxy) is 1. The molecule has 0 spiro atoms. The third kappa shape index (κ3) is 5.05. The number of aromatic amines is 2. The van der Waals surface area contributed by atoms with Crippen molar-refractivity contribution in [1.82, 2.24) is 24.8 Å². The van der Waals surface area contributed by atoms with Crippen molar-refractivity contribution in [3.05, 3.63) is 33.3 Å². The first-order valence-corrected chi connectivity index (χ1v) is 11.8. The Morgan fingerprint density at radius 1 is 1.12 bits per heavy atom. The zero-order valence-electron chi connectivity index (χ0n) is 18.5. The molecule has 1 saturated heterocycles. The molecular weight excluding hydrogens is 426 g/mol. The van der Waals surface area contributed by atoms with Crippen molar-refractivity contribution in [3.8, 4) is 5.75 Å². The van der Waals surface area contributed by atoms with Crippen LogP contribution >= 0.6 is 12.2 Å². The Morgan fingerprint density at radius 2 is 1.94 bits per heavy atom. The van der Waals surface area contributed by atoms with Crippen LogP contribution in [0.15, 0.2) is 23.0 Å². The van der Waals surface area contributed by atoms with E-state index in [2.05, 4.69) is 20.2 Å². The number of likely N-dealkylation sites (tertiary alicyclic amines) is 1. The Labute approximate surface area is 191 Å². The molecule has 3 N–H and O–H groups in total. The van der Waals surface area contributed by atoms with Crippen LogP contribution in [0.2, 0.25) is 0 Å². The number of nitrogens with zero attached hydrogens (tertiary/aromatic N) is 2. The van der Waals surface area contributed by atoms with Crippen molar-refractivity contribution < 1.29 is 9.53 Å². The fourth-order valence-electron chi connectivity index (χ4n) is 4.37. The largest absolute Gasteiger partial charge is 0.497 e. The summed E-state index contributed by atoms with van der Waals surface area (Å²) in [6.45, 7) is 4.64. The summed E-state index contributed by atoms with van der Waals surface area (Å²) in [6, 6.07) is 5.62. The highest BCUT2D eigenvalue weighted by atomic mass is 32.1. The normalized spacial score (nSPS) is 14.4. The quantitative estimate of drug-likeness (QED) is 0.321. The molecule has 9 heteroatoms. The van der Waals surface area contributed by atoms with Gasteiger partial charge in [-0.3, -0.25) is 14.2 Å². The van der Waals surface area contributed by atoms with Crippen molar-refractivity contribution in [3.63, 3.8) is 0 Å². The monoisotopic (exact) mass is 457 g/mol. The third-order valence-corrected chi connectivity index (χ3v) is 6.47. The molecule has 0 unspecified atom stereocenters. The van der Waals surface area contributed by atoms with Gasteiger partial charge in [0.1, 0.15) is 11.3 Å². The highest BCUT2D eigenvalue weighted by molar-refractivity contribution is 7.71. The van der Waals surface area contributed by atoms with Crippen LogP contribution in [0.25, 0.3) is 21.9 Å². The average Bonchev–Trinajstić information content (AvgIpc) is 3.44. The van der Waals surface area contributed by atoms with E-state index in [0.717, 1.165) is 36.2 Å². The number of amides is 1. The Bertz CT molecular complexity index is 1210. The third-order valence-electron chi connectivity index (χ3n) is 6.15. The van der Waals surface area contributed by atoms with E-state index < -0.39 is 0 Å². The molecule has 1 aliphatic rings. The van der Waals surface area contributed by atoms with Gasteiger partial charge in [0.25, 0.3) is 5.56 Å². The Morgan fingerprint density at radius 3 is 2.72 bits per heavy atom. The van der Waals surface area contributed by atoms with E-state index in [9.17, 15) is 9.59 Å². The lowest BCUT2D eigenvalue weighted by Gasteiger charge is -2.14. The summed E-state index contributed by atoms with van der Waals surface area (Å²) in [5, 5.41) is 3.87. The zero-order valence-corrected chi connectivity index (χ0v) is 19.4. The molecule has 1 aliphatic heterocycles. The molecule has 2 aromatic heterocycles. The fourth-order valence-corrected chi connectivity index (χ4v) is 4.65. The van der Waals surface area contributed by atoms with Gasteiger partial charge in [-0.25, -0.2) is 0 Å². The number of unbranched alkanes of at least 4 members (excludes halogenated alkanes) is 1. The number of methoxy groups -OCH3 is 1. The predicted octanol–water partition coefficient (Wildman–Crippen LogP) is 3.32. The van der Waals surface area contributed by atoms with Gasteiger partial charge < -0.3 is 24.9 Å². The van der Waals surface area contributed by atoms with Crippen LogP contribution in [0.4, 0.5) is 0 Å². The molecular formula is C23H31N5O3S. The van der Waals surface area contributed by atoms with Crippen molar-refractivity contribution >= 4 is 40.1 Å². The molecule has 0 aliphatic carbocycles. The van der Waals surface area contributed by atoms with E-state index in [-0.39, 0.29) is 11.5 Å². The van der Waals surface area contributed by atoms with Gasteiger partial charge in [-0.05, 0) is 82.2 Å². The Kier molecular flexibility index (Phi) is 7.26. The van der Waals surface area contributed by atoms with Crippen molar-refractivity contribution in [2.24, 2.45) is 0 Å². The van der Waals surface area contributed by atoms with Crippen molar-refractivity contribution in [2.75, 3.05) is 33.3 Å². The standard InChI is InChI=1S/C23H31N5O3S/c1-31-16-8-9-18-17(15-16)20-21(25-18)22(30)28(23(32)26-20)14-3-2-7-19(29)24-10-6-13-27-11-4-5-12-27/h8-9,15,25H,2-7,10-14H2,1H3,(H,24,29)(H,26,32). The smallest absolute Gasteiger partial charge is 0.278 e. The maximum absolute atomic E-state index is 13.0. The number of hydrogen-bond acceptors (Lipinski definition) is 5. The lowest BCUT2D eigenvalue weighted by atomic mass is 10.2. The number of carbonyl (C=O) groups excluding carboxylic acids is 1. The maximum Gasteiger partial charge on any atom is 0.278 e. The molecule has 1 amide bonds. The van der Waals surface area contributed by atoms with Crippen LogP contribution in [0.3, 0.4) is 0 Å². The molecule has 0 atom stereocenters. The van der Waals surface area contributed by atoms with Crippen LogP contribution in [-0.4, -0.2) is 58.6 Å². The summed E-state index contributed by atoms with van der Waals surface area (Å²) in [6.07, 6.45) is 5.46. The second kappa shape index (κ2) is 10.3.